The summed E-state index contributed by atoms with van der Waals surface area (Å²) in [5.74, 6) is -0.331. The van der Waals surface area contributed by atoms with E-state index in [1.54, 1.807) is 0 Å². The van der Waals surface area contributed by atoms with Crippen LogP contribution < -0.4 is 0 Å². The number of rotatable bonds is 4. The molecule has 1 N–H and O–H groups in total. The second kappa shape index (κ2) is 5.13. The molecule has 0 heterocycles. The van der Waals surface area contributed by atoms with Crippen molar-refractivity contribution in [3.8, 4) is 0 Å². The number of hydrogen-bond donors (Lipinski definition) is 1. The molecule has 4 rings (SSSR count). The monoisotopic (exact) mass is 290 g/mol. The minimum atomic E-state index is -0.714. The topological polar surface area (TPSA) is 37.3 Å². The lowest BCUT2D eigenvalue weighted by atomic mass is 9.67. The Balaban J connectivity index is 1.75. The average molecular weight is 290 g/mol. The molecule has 110 valence electrons. The summed E-state index contributed by atoms with van der Waals surface area (Å²) in [6.45, 7) is 0. The van der Waals surface area contributed by atoms with Crippen molar-refractivity contribution in [2.45, 2.75) is 25.7 Å². The molecule has 0 radical (unpaired) electrons. The molecule has 4 aliphatic rings. The average Bonchev–Trinajstić information content (AvgIpc) is 2.53. The van der Waals surface area contributed by atoms with Crippen LogP contribution in [0, 0.1) is 5.92 Å². The SMILES string of the molecule is O=C(O)CCCC1=CC2=CC=CC3=CC=C4CC=CC1=C4C32. The van der Waals surface area contributed by atoms with Crippen molar-refractivity contribution in [1.82, 2.24) is 0 Å². The van der Waals surface area contributed by atoms with Crippen LogP contribution in [0.15, 0.2) is 82.0 Å². The van der Waals surface area contributed by atoms with E-state index in [2.05, 4.69) is 48.6 Å². The van der Waals surface area contributed by atoms with Crippen LogP contribution in [0.1, 0.15) is 25.7 Å². The molecular weight excluding hydrogens is 272 g/mol. The van der Waals surface area contributed by atoms with Crippen LogP contribution in [0.2, 0.25) is 0 Å². The van der Waals surface area contributed by atoms with Gasteiger partial charge in [-0.3, -0.25) is 4.79 Å². The Morgan fingerprint density at radius 2 is 2.09 bits per heavy atom. The van der Waals surface area contributed by atoms with Crippen molar-refractivity contribution in [1.29, 1.82) is 0 Å². The number of carboxylic acid groups (broad SMARTS) is 1. The van der Waals surface area contributed by atoms with Gasteiger partial charge in [0.1, 0.15) is 0 Å². The summed E-state index contributed by atoms with van der Waals surface area (Å²) in [5, 5.41) is 8.87. The van der Waals surface area contributed by atoms with Gasteiger partial charge in [0.2, 0.25) is 0 Å². The van der Waals surface area contributed by atoms with Gasteiger partial charge in [-0.25, -0.2) is 0 Å². The molecule has 0 aliphatic heterocycles. The summed E-state index contributed by atoms with van der Waals surface area (Å²) in [6, 6.07) is 0. The molecule has 0 bridgehead atoms. The van der Waals surface area contributed by atoms with E-state index in [1.807, 2.05) is 0 Å². The van der Waals surface area contributed by atoms with Gasteiger partial charge in [-0.1, -0.05) is 48.6 Å². The first kappa shape index (κ1) is 13.3. The van der Waals surface area contributed by atoms with Crippen molar-refractivity contribution in [3.63, 3.8) is 0 Å². The number of hydrogen-bond acceptors (Lipinski definition) is 1. The fourth-order valence-electron chi connectivity index (χ4n) is 3.84. The molecule has 0 aromatic rings. The molecule has 2 heteroatoms. The Kier molecular flexibility index (Phi) is 3.11. The molecular formula is C20H18O2. The lowest BCUT2D eigenvalue weighted by Crippen LogP contribution is -2.22. The van der Waals surface area contributed by atoms with Crippen LogP contribution in [-0.2, 0) is 4.79 Å². The Morgan fingerprint density at radius 1 is 1.18 bits per heavy atom. The Bertz CT molecular complexity index is 764. The minimum Gasteiger partial charge on any atom is -0.481 e. The number of carboxylic acids is 1. The lowest BCUT2D eigenvalue weighted by molar-refractivity contribution is -0.137. The normalized spacial score (nSPS) is 24.3. The van der Waals surface area contributed by atoms with E-state index < -0.39 is 5.97 Å². The van der Waals surface area contributed by atoms with E-state index in [9.17, 15) is 4.79 Å². The van der Waals surface area contributed by atoms with Gasteiger partial charge in [0.05, 0.1) is 0 Å². The molecule has 0 amide bonds. The van der Waals surface area contributed by atoms with Crippen LogP contribution >= 0.6 is 0 Å². The van der Waals surface area contributed by atoms with Crippen LogP contribution in [-0.4, -0.2) is 11.1 Å². The molecule has 0 aromatic carbocycles. The highest BCUT2D eigenvalue weighted by atomic mass is 16.4. The first-order valence-electron chi connectivity index (χ1n) is 7.87. The fourth-order valence-corrected chi connectivity index (χ4v) is 3.84. The molecule has 0 fully saturated rings. The molecule has 1 unspecified atom stereocenters. The van der Waals surface area contributed by atoms with Crippen molar-refractivity contribution in [3.05, 3.63) is 82.0 Å². The maximum atomic E-state index is 10.8. The summed E-state index contributed by atoms with van der Waals surface area (Å²) in [6.07, 6.45) is 20.5. The highest BCUT2D eigenvalue weighted by Gasteiger charge is 2.34. The maximum Gasteiger partial charge on any atom is 0.303 e. The van der Waals surface area contributed by atoms with E-state index >= 15 is 0 Å². The molecule has 0 saturated carbocycles. The smallest absolute Gasteiger partial charge is 0.303 e. The van der Waals surface area contributed by atoms with Crippen LogP contribution in [0.5, 0.6) is 0 Å². The highest BCUT2D eigenvalue weighted by Crippen LogP contribution is 2.49. The highest BCUT2D eigenvalue weighted by molar-refractivity contribution is 5.70. The van der Waals surface area contributed by atoms with Crippen molar-refractivity contribution in [2.24, 2.45) is 5.92 Å². The third kappa shape index (κ3) is 2.07. The Morgan fingerprint density at radius 3 is 2.95 bits per heavy atom. The molecule has 22 heavy (non-hydrogen) atoms. The molecule has 0 saturated heterocycles. The number of carbonyl (C=O) groups is 1. The van der Waals surface area contributed by atoms with Crippen LogP contribution in [0.3, 0.4) is 0 Å². The zero-order valence-corrected chi connectivity index (χ0v) is 12.4. The lowest BCUT2D eigenvalue weighted by Gasteiger charge is -2.37. The van der Waals surface area contributed by atoms with Gasteiger partial charge >= 0.3 is 5.97 Å². The van der Waals surface area contributed by atoms with Crippen molar-refractivity contribution >= 4 is 5.97 Å². The van der Waals surface area contributed by atoms with Crippen LogP contribution in [0.4, 0.5) is 0 Å². The van der Waals surface area contributed by atoms with E-state index in [4.69, 9.17) is 5.11 Å². The molecule has 2 nitrogen and oxygen atoms in total. The van der Waals surface area contributed by atoms with Crippen molar-refractivity contribution < 1.29 is 9.90 Å². The number of aliphatic carboxylic acids is 1. The number of allylic oxidation sites excluding steroid dienone is 14. The first-order chi connectivity index (χ1) is 10.7. The maximum absolute atomic E-state index is 10.8. The molecule has 0 spiro atoms. The minimum absolute atomic E-state index is 0.236. The third-order valence-electron chi connectivity index (χ3n) is 4.79. The second-order valence-corrected chi connectivity index (χ2v) is 6.17. The van der Waals surface area contributed by atoms with E-state index in [1.165, 1.54) is 33.4 Å². The quantitative estimate of drug-likeness (QED) is 0.832. The zero-order chi connectivity index (χ0) is 15.1. The summed E-state index contributed by atoms with van der Waals surface area (Å²) < 4.78 is 0. The largest absolute Gasteiger partial charge is 0.481 e. The van der Waals surface area contributed by atoms with Crippen molar-refractivity contribution in [2.75, 3.05) is 0 Å². The summed E-state index contributed by atoms with van der Waals surface area (Å²) in [7, 11) is 0. The second-order valence-electron chi connectivity index (χ2n) is 6.17. The summed E-state index contributed by atoms with van der Waals surface area (Å²) in [5.41, 5.74) is 8.19. The van der Waals surface area contributed by atoms with Gasteiger partial charge in [-0.05, 0) is 52.7 Å². The van der Waals surface area contributed by atoms with Crippen LogP contribution in [0.25, 0.3) is 0 Å². The predicted molar refractivity (Wildman–Crippen MR) is 87.2 cm³/mol. The van der Waals surface area contributed by atoms with Gasteiger partial charge < -0.3 is 5.11 Å². The fraction of sp³-hybridized carbons (Fsp3) is 0.250. The molecule has 4 aliphatic carbocycles. The van der Waals surface area contributed by atoms with E-state index in [0.717, 1.165) is 12.8 Å². The summed E-state index contributed by atoms with van der Waals surface area (Å²) in [4.78, 5) is 10.8. The molecule has 0 aromatic heterocycles. The zero-order valence-electron chi connectivity index (χ0n) is 12.4. The van der Waals surface area contributed by atoms with Gasteiger partial charge in [0, 0.05) is 12.3 Å². The van der Waals surface area contributed by atoms with E-state index in [-0.39, 0.29) is 6.42 Å². The predicted octanol–water partition coefficient (Wildman–Crippen LogP) is 4.42. The summed E-state index contributed by atoms with van der Waals surface area (Å²) >= 11 is 0. The standard InChI is InChI=1S/C20H18O2/c21-18(22)9-3-6-15-12-16-7-1-4-13-10-11-14-5-2-8-17(15)20(14)19(13)16/h1-2,4,7-8,10-12,19H,3,5-6,9H2,(H,21,22). The first-order valence-corrected chi connectivity index (χ1v) is 7.87. The molecule has 1 atom stereocenters. The van der Waals surface area contributed by atoms with Gasteiger partial charge in [-0.15, -0.1) is 0 Å². The van der Waals surface area contributed by atoms with E-state index in [0.29, 0.717) is 12.3 Å². The Labute approximate surface area is 130 Å². The van der Waals surface area contributed by atoms with Gasteiger partial charge in [0.15, 0.2) is 0 Å². The third-order valence-corrected chi connectivity index (χ3v) is 4.79. The van der Waals surface area contributed by atoms with Gasteiger partial charge in [-0.2, -0.15) is 0 Å². The van der Waals surface area contributed by atoms with Gasteiger partial charge in [0.25, 0.3) is 0 Å². The Hall–Kier alpha value is -2.35.